The Bertz CT molecular complexity index is 258. The Kier molecular flexibility index (Phi) is 5.26. The first-order valence-corrected chi connectivity index (χ1v) is 5.92. The van der Waals surface area contributed by atoms with Crippen LogP contribution in [-0.2, 0) is 6.54 Å². The van der Waals surface area contributed by atoms with Gasteiger partial charge in [0, 0.05) is 0 Å². The maximum absolute atomic E-state index is 5.37. The number of hydrogen-bond donors (Lipinski definition) is 1. The van der Waals surface area contributed by atoms with E-state index in [9.17, 15) is 0 Å². The average molecular weight is 260 g/mol. The van der Waals surface area contributed by atoms with Crippen molar-refractivity contribution >= 4 is 15.9 Å². The highest BCUT2D eigenvalue weighted by Crippen LogP contribution is 2.13. The van der Waals surface area contributed by atoms with Crippen molar-refractivity contribution in [1.82, 2.24) is 5.32 Å². The second kappa shape index (κ2) is 6.25. The summed E-state index contributed by atoms with van der Waals surface area (Å²) in [6.45, 7) is 6.40. The van der Waals surface area contributed by atoms with Crippen molar-refractivity contribution in [1.29, 1.82) is 0 Å². The molecule has 0 spiro atoms. The molecule has 0 saturated heterocycles. The zero-order chi connectivity index (χ0) is 10.4. The number of rotatable bonds is 6. The Morgan fingerprint density at radius 2 is 2.21 bits per heavy atom. The van der Waals surface area contributed by atoms with Gasteiger partial charge in [-0.3, -0.25) is 0 Å². The van der Waals surface area contributed by atoms with E-state index in [4.69, 9.17) is 4.42 Å². The molecule has 0 unspecified atom stereocenters. The zero-order valence-corrected chi connectivity index (χ0v) is 10.4. The summed E-state index contributed by atoms with van der Waals surface area (Å²) < 4.78 is 6.17. The van der Waals surface area contributed by atoms with E-state index >= 15 is 0 Å². The second-order valence-electron chi connectivity index (χ2n) is 3.92. The molecular formula is C11H18BrNO. The van der Waals surface area contributed by atoms with Crippen molar-refractivity contribution in [3.63, 3.8) is 0 Å². The van der Waals surface area contributed by atoms with E-state index < -0.39 is 0 Å². The predicted octanol–water partition coefficient (Wildman–Crippen LogP) is 3.57. The van der Waals surface area contributed by atoms with Gasteiger partial charge < -0.3 is 9.73 Å². The van der Waals surface area contributed by atoms with Crippen LogP contribution < -0.4 is 5.32 Å². The van der Waals surface area contributed by atoms with Crippen LogP contribution in [0.15, 0.2) is 21.2 Å². The monoisotopic (exact) mass is 259 g/mol. The number of nitrogens with one attached hydrogen (secondary N) is 1. The second-order valence-corrected chi connectivity index (χ2v) is 4.70. The van der Waals surface area contributed by atoms with Crippen molar-refractivity contribution in [3.05, 3.63) is 22.6 Å². The molecule has 2 nitrogen and oxygen atoms in total. The Hall–Kier alpha value is -0.280. The lowest BCUT2D eigenvalue weighted by molar-refractivity contribution is 0.456. The minimum absolute atomic E-state index is 0.801. The molecule has 14 heavy (non-hydrogen) atoms. The van der Waals surface area contributed by atoms with Gasteiger partial charge in [0.25, 0.3) is 0 Å². The van der Waals surface area contributed by atoms with Crippen LogP contribution in [0.4, 0.5) is 0 Å². The third-order valence-corrected chi connectivity index (χ3v) is 2.49. The number of furan rings is 1. The van der Waals surface area contributed by atoms with E-state index in [1.165, 1.54) is 12.8 Å². The lowest BCUT2D eigenvalue weighted by Crippen LogP contribution is -2.14. The van der Waals surface area contributed by atoms with Gasteiger partial charge in [-0.15, -0.1) is 0 Å². The van der Waals surface area contributed by atoms with Crippen LogP contribution in [0.3, 0.4) is 0 Å². The molecule has 0 aliphatic heterocycles. The van der Waals surface area contributed by atoms with Crippen molar-refractivity contribution in [3.8, 4) is 0 Å². The fourth-order valence-corrected chi connectivity index (χ4v) is 1.63. The summed E-state index contributed by atoms with van der Waals surface area (Å²) in [5.41, 5.74) is 0. The van der Waals surface area contributed by atoms with Crippen molar-refractivity contribution < 1.29 is 4.42 Å². The van der Waals surface area contributed by atoms with Gasteiger partial charge in [0.15, 0.2) is 4.67 Å². The first-order valence-electron chi connectivity index (χ1n) is 5.13. The van der Waals surface area contributed by atoms with E-state index in [1.807, 2.05) is 12.1 Å². The molecule has 0 aromatic carbocycles. The smallest absolute Gasteiger partial charge is 0.169 e. The van der Waals surface area contributed by atoms with E-state index in [0.717, 1.165) is 29.4 Å². The summed E-state index contributed by atoms with van der Waals surface area (Å²) in [5, 5.41) is 3.36. The average Bonchev–Trinajstić information content (AvgIpc) is 2.50. The molecule has 0 aliphatic carbocycles. The number of halogens is 1. The van der Waals surface area contributed by atoms with Gasteiger partial charge >= 0.3 is 0 Å². The Morgan fingerprint density at radius 3 is 2.79 bits per heavy atom. The first kappa shape index (κ1) is 11.8. The third kappa shape index (κ3) is 4.82. The highest BCUT2D eigenvalue weighted by Gasteiger charge is 1.98. The molecule has 1 aromatic rings. The predicted molar refractivity (Wildman–Crippen MR) is 62.2 cm³/mol. The molecule has 1 N–H and O–H groups in total. The third-order valence-electron chi connectivity index (χ3n) is 2.06. The lowest BCUT2D eigenvalue weighted by Gasteiger charge is -2.04. The molecule has 0 aliphatic rings. The highest BCUT2D eigenvalue weighted by molar-refractivity contribution is 9.10. The van der Waals surface area contributed by atoms with Gasteiger partial charge in [0.1, 0.15) is 5.76 Å². The summed E-state index contributed by atoms with van der Waals surface area (Å²) in [5.74, 6) is 1.79. The maximum Gasteiger partial charge on any atom is 0.169 e. The van der Waals surface area contributed by atoms with Gasteiger partial charge in [0.2, 0.25) is 0 Å². The first-order chi connectivity index (χ1) is 6.68. The van der Waals surface area contributed by atoms with E-state index in [1.54, 1.807) is 0 Å². The lowest BCUT2D eigenvalue weighted by atomic mass is 10.1. The van der Waals surface area contributed by atoms with Crippen LogP contribution in [0.25, 0.3) is 0 Å². The molecule has 0 saturated carbocycles. The molecule has 3 heteroatoms. The van der Waals surface area contributed by atoms with E-state index in [0.29, 0.717) is 0 Å². The van der Waals surface area contributed by atoms with E-state index in [-0.39, 0.29) is 0 Å². The summed E-state index contributed by atoms with van der Waals surface area (Å²) in [6, 6.07) is 3.91. The van der Waals surface area contributed by atoms with Gasteiger partial charge in [-0.2, -0.15) is 0 Å². The van der Waals surface area contributed by atoms with E-state index in [2.05, 4.69) is 35.1 Å². The molecule has 0 bridgehead atoms. The fraction of sp³-hybridized carbons (Fsp3) is 0.636. The normalized spacial score (nSPS) is 11.1. The number of hydrogen-bond acceptors (Lipinski definition) is 2. The molecule has 0 atom stereocenters. The van der Waals surface area contributed by atoms with Crippen molar-refractivity contribution in [2.75, 3.05) is 6.54 Å². The molecule has 1 heterocycles. The van der Waals surface area contributed by atoms with Gasteiger partial charge in [-0.25, -0.2) is 0 Å². The van der Waals surface area contributed by atoms with Crippen LogP contribution in [0.2, 0.25) is 0 Å². The van der Waals surface area contributed by atoms with Gasteiger partial charge in [-0.05, 0) is 53.4 Å². The molecule has 0 radical (unpaired) electrons. The topological polar surface area (TPSA) is 25.2 Å². The van der Waals surface area contributed by atoms with Crippen LogP contribution in [0, 0.1) is 5.92 Å². The molecule has 0 amide bonds. The van der Waals surface area contributed by atoms with Crippen LogP contribution >= 0.6 is 15.9 Å². The minimum Gasteiger partial charge on any atom is -0.453 e. The van der Waals surface area contributed by atoms with Crippen LogP contribution in [0.1, 0.15) is 32.4 Å². The summed E-state index contributed by atoms with van der Waals surface area (Å²) in [7, 11) is 0. The van der Waals surface area contributed by atoms with Gasteiger partial charge in [-0.1, -0.05) is 13.8 Å². The standard InChI is InChI=1S/C11H18BrNO/c1-9(2)4-3-7-13-8-10-5-6-11(12)14-10/h5-6,9,13H,3-4,7-8H2,1-2H3. The SMILES string of the molecule is CC(C)CCCNCc1ccc(Br)o1. The van der Waals surface area contributed by atoms with Crippen molar-refractivity contribution in [2.24, 2.45) is 5.92 Å². The molecule has 0 fully saturated rings. The largest absolute Gasteiger partial charge is 0.453 e. The van der Waals surface area contributed by atoms with Crippen LogP contribution in [-0.4, -0.2) is 6.54 Å². The quantitative estimate of drug-likeness (QED) is 0.791. The van der Waals surface area contributed by atoms with Gasteiger partial charge in [0.05, 0.1) is 6.54 Å². The molecular weight excluding hydrogens is 242 g/mol. The summed E-state index contributed by atoms with van der Waals surface area (Å²) >= 11 is 3.28. The molecule has 1 rings (SSSR count). The molecule has 1 aromatic heterocycles. The van der Waals surface area contributed by atoms with Crippen molar-refractivity contribution in [2.45, 2.75) is 33.2 Å². The summed E-state index contributed by atoms with van der Waals surface area (Å²) in [6.07, 6.45) is 2.52. The summed E-state index contributed by atoms with van der Waals surface area (Å²) in [4.78, 5) is 0. The molecule has 80 valence electrons. The Morgan fingerprint density at radius 1 is 1.43 bits per heavy atom. The highest BCUT2D eigenvalue weighted by atomic mass is 79.9. The maximum atomic E-state index is 5.37. The zero-order valence-electron chi connectivity index (χ0n) is 8.85. The van der Waals surface area contributed by atoms with Crippen LogP contribution in [0.5, 0.6) is 0 Å². The Labute approximate surface area is 94.2 Å². The Balaban J connectivity index is 2.04. The minimum atomic E-state index is 0.801. The fourth-order valence-electron chi connectivity index (χ4n) is 1.29.